The van der Waals surface area contributed by atoms with E-state index >= 15 is 0 Å². The number of morpholine rings is 1. The Morgan fingerprint density at radius 3 is 1.87 bits per heavy atom. The van der Waals surface area contributed by atoms with Gasteiger partial charge in [0.05, 0.1) is 18.2 Å². The molecule has 1 saturated heterocycles. The van der Waals surface area contributed by atoms with E-state index in [1.165, 1.54) is 10.8 Å². The van der Waals surface area contributed by atoms with E-state index in [2.05, 4.69) is 58.1 Å². The van der Waals surface area contributed by atoms with Crippen LogP contribution in [0.1, 0.15) is 28.5 Å². The molecule has 0 aliphatic carbocycles. The molecule has 0 saturated carbocycles. The van der Waals surface area contributed by atoms with Gasteiger partial charge in [-0.1, -0.05) is 103 Å². The van der Waals surface area contributed by atoms with E-state index < -0.39 is 35.7 Å². The predicted molar refractivity (Wildman–Crippen MR) is 147 cm³/mol. The standard InChI is InChI=1S/C31H29N3O5/c35-18-10-11-23-19-34(30(38)32-29(23)37)28-21-33(20-27(22-36)39-28)31(24-12-4-1-5-13-24,25-14-6-2-7-15-25)26-16-8-3-9-17-26/h1-9,12-17,19,27-28,35-36H,18,20-22H2,(H,32,37,38). The lowest BCUT2D eigenvalue weighted by molar-refractivity contribution is -0.151. The number of nitrogens with zero attached hydrogens (tertiary/aromatic N) is 2. The van der Waals surface area contributed by atoms with Gasteiger partial charge in [-0.25, -0.2) is 4.79 Å². The lowest BCUT2D eigenvalue weighted by Crippen LogP contribution is -2.58. The highest BCUT2D eigenvalue weighted by Crippen LogP contribution is 2.44. The van der Waals surface area contributed by atoms with Crippen LogP contribution in [0.3, 0.4) is 0 Å². The molecule has 3 aromatic carbocycles. The predicted octanol–water partition coefficient (Wildman–Crippen LogP) is 2.06. The highest BCUT2D eigenvalue weighted by atomic mass is 16.5. The van der Waals surface area contributed by atoms with E-state index in [1.54, 1.807) is 0 Å². The minimum absolute atomic E-state index is 0.0327. The fourth-order valence-corrected chi connectivity index (χ4v) is 5.35. The number of aromatic amines is 1. The first kappa shape index (κ1) is 26.4. The average molecular weight is 524 g/mol. The van der Waals surface area contributed by atoms with Gasteiger partial charge in [0.25, 0.3) is 5.56 Å². The number of aromatic nitrogens is 2. The van der Waals surface area contributed by atoms with Crippen LogP contribution in [0.4, 0.5) is 0 Å². The molecule has 0 bridgehead atoms. The zero-order chi connectivity index (χ0) is 27.2. The summed E-state index contributed by atoms with van der Waals surface area (Å²) < 4.78 is 7.48. The van der Waals surface area contributed by atoms with Gasteiger partial charge < -0.3 is 14.9 Å². The summed E-state index contributed by atoms with van der Waals surface area (Å²) in [5.74, 6) is 5.04. The van der Waals surface area contributed by atoms with Gasteiger partial charge in [0.1, 0.15) is 12.2 Å². The minimum Gasteiger partial charge on any atom is -0.394 e. The summed E-state index contributed by atoms with van der Waals surface area (Å²) in [6.07, 6.45) is -0.114. The van der Waals surface area contributed by atoms with E-state index in [9.17, 15) is 14.7 Å². The topological polar surface area (TPSA) is 108 Å². The number of aliphatic hydroxyl groups excluding tert-OH is 2. The van der Waals surface area contributed by atoms with E-state index in [0.29, 0.717) is 6.54 Å². The maximum Gasteiger partial charge on any atom is 0.330 e. The van der Waals surface area contributed by atoms with Gasteiger partial charge in [-0.05, 0) is 16.7 Å². The summed E-state index contributed by atoms with van der Waals surface area (Å²) in [4.78, 5) is 29.8. The van der Waals surface area contributed by atoms with Gasteiger partial charge in [-0.15, -0.1) is 0 Å². The molecule has 1 aliphatic heterocycles. The smallest absolute Gasteiger partial charge is 0.330 e. The lowest BCUT2D eigenvalue weighted by Gasteiger charge is -2.50. The van der Waals surface area contributed by atoms with Crippen LogP contribution in [0.5, 0.6) is 0 Å². The summed E-state index contributed by atoms with van der Waals surface area (Å²) >= 11 is 0. The van der Waals surface area contributed by atoms with Crippen molar-refractivity contribution in [3.05, 3.63) is 140 Å². The first-order valence-corrected chi connectivity index (χ1v) is 12.7. The highest BCUT2D eigenvalue weighted by Gasteiger charge is 2.46. The maximum absolute atomic E-state index is 13.0. The van der Waals surface area contributed by atoms with Gasteiger partial charge in [0, 0.05) is 19.3 Å². The monoisotopic (exact) mass is 523 g/mol. The second kappa shape index (κ2) is 11.6. The normalized spacial score (nSPS) is 17.8. The first-order valence-electron chi connectivity index (χ1n) is 12.7. The molecule has 2 heterocycles. The molecular formula is C31H29N3O5. The van der Waals surface area contributed by atoms with Crippen LogP contribution in [-0.4, -0.2) is 57.1 Å². The Balaban J connectivity index is 1.72. The molecule has 39 heavy (non-hydrogen) atoms. The first-order chi connectivity index (χ1) is 19.1. The molecule has 8 nitrogen and oxygen atoms in total. The number of hydrogen-bond donors (Lipinski definition) is 3. The van der Waals surface area contributed by atoms with Crippen molar-refractivity contribution in [3.8, 4) is 11.8 Å². The highest BCUT2D eigenvalue weighted by molar-refractivity contribution is 5.49. The molecule has 5 rings (SSSR count). The largest absolute Gasteiger partial charge is 0.394 e. The van der Waals surface area contributed by atoms with E-state index in [4.69, 9.17) is 9.84 Å². The van der Waals surface area contributed by atoms with Gasteiger partial charge in [0.2, 0.25) is 0 Å². The molecule has 0 radical (unpaired) electrons. The molecule has 1 aliphatic rings. The zero-order valence-electron chi connectivity index (χ0n) is 21.2. The second-order valence-electron chi connectivity index (χ2n) is 9.28. The summed E-state index contributed by atoms with van der Waals surface area (Å²) in [6, 6.07) is 30.3. The van der Waals surface area contributed by atoms with Crippen molar-refractivity contribution in [3.63, 3.8) is 0 Å². The number of benzene rings is 3. The third kappa shape index (κ3) is 5.09. The van der Waals surface area contributed by atoms with Crippen LogP contribution in [-0.2, 0) is 10.3 Å². The van der Waals surface area contributed by atoms with Gasteiger partial charge >= 0.3 is 5.69 Å². The quantitative estimate of drug-likeness (QED) is 0.264. The van der Waals surface area contributed by atoms with Crippen molar-refractivity contribution in [2.75, 3.05) is 26.3 Å². The lowest BCUT2D eigenvalue weighted by atomic mass is 9.75. The van der Waals surface area contributed by atoms with Gasteiger partial charge in [-0.3, -0.25) is 19.2 Å². The Morgan fingerprint density at radius 2 is 1.38 bits per heavy atom. The summed E-state index contributed by atoms with van der Waals surface area (Å²) in [5, 5.41) is 19.4. The van der Waals surface area contributed by atoms with Crippen LogP contribution < -0.4 is 11.2 Å². The Morgan fingerprint density at radius 1 is 0.846 bits per heavy atom. The summed E-state index contributed by atoms with van der Waals surface area (Å²) in [5.41, 5.74) is 1.00. The van der Waals surface area contributed by atoms with Crippen LogP contribution in [0.25, 0.3) is 0 Å². The Labute approximate surface area is 225 Å². The number of nitrogens with one attached hydrogen (secondary N) is 1. The van der Waals surface area contributed by atoms with Crippen LogP contribution >= 0.6 is 0 Å². The van der Waals surface area contributed by atoms with Crippen molar-refractivity contribution >= 4 is 0 Å². The zero-order valence-corrected chi connectivity index (χ0v) is 21.2. The van der Waals surface area contributed by atoms with Crippen molar-refractivity contribution in [2.24, 2.45) is 0 Å². The van der Waals surface area contributed by atoms with E-state index in [-0.39, 0.29) is 18.7 Å². The molecule has 1 aromatic heterocycles. The average Bonchev–Trinajstić information content (AvgIpc) is 2.99. The number of rotatable bonds is 6. The SMILES string of the molecule is O=c1[nH]c(=O)n(C2CN(C(c3ccccc3)(c3ccccc3)c3ccccc3)CC(CO)O2)cc1C#CCO. The molecular weight excluding hydrogens is 494 g/mol. The van der Waals surface area contributed by atoms with E-state index in [0.717, 1.165) is 16.7 Å². The van der Waals surface area contributed by atoms with Gasteiger partial charge in [0.15, 0.2) is 6.23 Å². The van der Waals surface area contributed by atoms with Crippen molar-refractivity contribution in [1.82, 2.24) is 14.5 Å². The molecule has 2 atom stereocenters. The van der Waals surface area contributed by atoms with Gasteiger partial charge in [-0.2, -0.15) is 0 Å². The summed E-state index contributed by atoms with van der Waals surface area (Å²) in [6.45, 7) is -0.0572. The van der Waals surface area contributed by atoms with Crippen LogP contribution in [0, 0.1) is 11.8 Å². The molecule has 3 N–H and O–H groups in total. The number of hydrogen-bond acceptors (Lipinski definition) is 6. The maximum atomic E-state index is 13.0. The van der Waals surface area contributed by atoms with Crippen molar-refractivity contribution < 1.29 is 14.9 Å². The molecule has 198 valence electrons. The fourth-order valence-electron chi connectivity index (χ4n) is 5.35. The minimum atomic E-state index is -0.842. The molecule has 4 aromatic rings. The van der Waals surface area contributed by atoms with Crippen LogP contribution in [0.15, 0.2) is 107 Å². The molecule has 1 fully saturated rings. The number of ether oxygens (including phenoxy) is 1. The summed E-state index contributed by atoms with van der Waals surface area (Å²) in [7, 11) is 0. The third-order valence-electron chi connectivity index (χ3n) is 6.98. The Bertz CT molecular complexity index is 1480. The van der Waals surface area contributed by atoms with Crippen LogP contribution in [0.2, 0.25) is 0 Å². The molecule has 8 heteroatoms. The molecule has 0 amide bonds. The number of H-pyrrole nitrogens is 1. The fraction of sp³-hybridized carbons (Fsp3) is 0.226. The Kier molecular flexibility index (Phi) is 7.87. The molecule has 2 unspecified atom stereocenters. The van der Waals surface area contributed by atoms with Crippen molar-refractivity contribution in [2.45, 2.75) is 17.9 Å². The Hall–Kier alpha value is -4.26. The second-order valence-corrected chi connectivity index (χ2v) is 9.28. The molecule has 0 spiro atoms. The number of aliphatic hydroxyl groups is 2. The van der Waals surface area contributed by atoms with Crippen molar-refractivity contribution in [1.29, 1.82) is 0 Å². The van der Waals surface area contributed by atoms with E-state index in [1.807, 2.05) is 54.6 Å². The third-order valence-corrected chi connectivity index (χ3v) is 6.98.